The standard InChI is InChI=1S/C37H46N2O8/c1-27(2)35(40)45-22-12-11-20-43-31-15-13-29(14-16-31)33-18-17-32(23-30(33)25-47-36(41)28(3)4)44-19-9-7-5-6-8-10-21-46-37(42)34-24-38-26-39-34/h13-18,23-24,26H,1,3,5-12,19-22,25H2,2,4H3,(H,38,39). The van der Waals surface area contributed by atoms with Crippen LogP contribution in [0.5, 0.6) is 11.5 Å². The van der Waals surface area contributed by atoms with Gasteiger partial charge in [0.2, 0.25) is 0 Å². The van der Waals surface area contributed by atoms with E-state index in [9.17, 15) is 14.4 Å². The smallest absolute Gasteiger partial charge is 0.356 e. The van der Waals surface area contributed by atoms with Gasteiger partial charge in [-0.1, -0.05) is 57.0 Å². The van der Waals surface area contributed by atoms with Gasteiger partial charge in [-0.15, -0.1) is 0 Å². The lowest BCUT2D eigenvalue weighted by atomic mass is 9.99. The summed E-state index contributed by atoms with van der Waals surface area (Å²) < 4.78 is 27.7. The van der Waals surface area contributed by atoms with Crippen molar-refractivity contribution in [2.45, 2.75) is 71.8 Å². The molecule has 0 amide bonds. The second kappa shape index (κ2) is 20.3. The minimum Gasteiger partial charge on any atom is -0.494 e. The fourth-order valence-electron chi connectivity index (χ4n) is 4.45. The SMILES string of the molecule is C=C(C)C(=O)OCCCCOc1ccc(-c2ccc(OCCCCCCCCOC(=O)c3cnc[nH]3)cc2COC(=O)C(=C)C)cc1. The molecule has 0 bridgehead atoms. The van der Waals surface area contributed by atoms with Crippen molar-refractivity contribution in [3.8, 4) is 22.6 Å². The van der Waals surface area contributed by atoms with Crippen LogP contribution in [0.1, 0.15) is 81.3 Å². The van der Waals surface area contributed by atoms with Crippen molar-refractivity contribution < 1.29 is 38.1 Å². The van der Waals surface area contributed by atoms with Crippen LogP contribution in [0.2, 0.25) is 0 Å². The largest absolute Gasteiger partial charge is 0.494 e. The predicted octanol–water partition coefficient (Wildman–Crippen LogP) is 7.55. The number of nitrogens with one attached hydrogen (secondary N) is 1. The Morgan fingerprint density at radius 3 is 1.89 bits per heavy atom. The Kier molecular flexibility index (Phi) is 15.8. The van der Waals surface area contributed by atoms with Crippen molar-refractivity contribution in [2.24, 2.45) is 0 Å². The minimum atomic E-state index is -0.448. The highest BCUT2D eigenvalue weighted by molar-refractivity contribution is 5.87. The van der Waals surface area contributed by atoms with Gasteiger partial charge in [-0.2, -0.15) is 0 Å². The number of nitrogens with zero attached hydrogens (tertiary/aromatic N) is 1. The molecule has 0 aliphatic rings. The number of H-pyrrole nitrogens is 1. The number of ether oxygens (including phenoxy) is 5. The molecule has 0 saturated heterocycles. The van der Waals surface area contributed by atoms with Gasteiger partial charge in [0.1, 0.15) is 23.8 Å². The second-order valence-electron chi connectivity index (χ2n) is 11.2. The number of aromatic nitrogens is 2. The van der Waals surface area contributed by atoms with E-state index < -0.39 is 5.97 Å². The third kappa shape index (κ3) is 13.6. The van der Waals surface area contributed by atoms with Gasteiger partial charge in [0.25, 0.3) is 0 Å². The average molecular weight is 647 g/mol. The first kappa shape index (κ1) is 36.6. The topological polar surface area (TPSA) is 126 Å². The molecule has 2 aromatic carbocycles. The number of rotatable bonds is 22. The molecule has 1 heterocycles. The lowest BCUT2D eigenvalue weighted by Crippen LogP contribution is -2.07. The summed E-state index contributed by atoms with van der Waals surface area (Å²) in [5, 5.41) is 0. The van der Waals surface area contributed by atoms with Crippen LogP contribution in [-0.4, -0.2) is 54.3 Å². The number of carbonyl (C=O) groups is 3. The van der Waals surface area contributed by atoms with Crippen molar-refractivity contribution in [3.05, 3.63) is 90.6 Å². The summed E-state index contributed by atoms with van der Waals surface area (Å²) in [6.07, 6.45) is 10.3. The molecule has 10 nitrogen and oxygen atoms in total. The summed E-state index contributed by atoms with van der Waals surface area (Å²) in [6.45, 7) is 12.4. The highest BCUT2D eigenvalue weighted by Crippen LogP contribution is 2.30. The van der Waals surface area contributed by atoms with E-state index in [0.717, 1.165) is 67.4 Å². The molecular formula is C37H46N2O8. The second-order valence-corrected chi connectivity index (χ2v) is 11.2. The van der Waals surface area contributed by atoms with Crippen LogP contribution in [0.4, 0.5) is 0 Å². The van der Waals surface area contributed by atoms with Crippen molar-refractivity contribution in [2.75, 3.05) is 26.4 Å². The number of hydrogen-bond acceptors (Lipinski definition) is 9. The van der Waals surface area contributed by atoms with Crippen LogP contribution >= 0.6 is 0 Å². The molecule has 3 rings (SSSR count). The van der Waals surface area contributed by atoms with E-state index in [1.807, 2.05) is 42.5 Å². The summed E-state index contributed by atoms with van der Waals surface area (Å²) >= 11 is 0. The Labute approximate surface area is 277 Å². The monoisotopic (exact) mass is 646 g/mol. The zero-order valence-electron chi connectivity index (χ0n) is 27.5. The van der Waals surface area contributed by atoms with Gasteiger partial charge in [0.05, 0.1) is 39.0 Å². The molecule has 3 aromatic rings. The van der Waals surface area contributed by atoms with Gasteiger partial charge in [-0.25, -0.2) is 19.4 Å². The molecule has 0 atom stereocenters. The zero-order valence-corrected chi connectivity index (χ0v) is 27.5. The van der Waals surface area contributed by atoms with E-state index in [4.69, 9.17) is 23.7 Å². The number of aromatic amines is 1. The molecule has 47 heavy (non-hydrogen) atoms. The Bertz CT molecular complexity index is 1450. The van der Waals surface area contributed by atoms with Crippen molar-refractivity contribution in [1.82, 2.24) is 9.97 Å². The molecular weight excluding hydrogens is 600 g/mol. The number of esters is 3. The zero-order chi connectivity index (χ0) is 33.9. The van der Waals surface area contributed by atoms with E-state index in [0.29, 0.717) is 55.4 Å². The first-order chi connectivity index (χ1) is 22.7. The van der Waals surface area contributed by atoms with Gasteiger partial charge >= 0.3 is 17.9 Å². The first-order valence-corrected chi connectivity index (χ1v) is 16.0. The van der Waals surface area contributed by atoms with Crippen LogP contribution < -0.4 is 9.47 Å². The van der Waals surface area contributed by atoms with E-state index in [2.05, 4.69) is 23.1 Å². The maximum absolute atomic E-state index is 12.1. The highest BCUT2D eigenvalue weighted by atomic mass is 16.5. The number of carbonyl (C=O) groups excluding carboxylic acids is 3. The predicted molar refractivity (Wildman–Crippen MR) is 179 cm³/mol. The summed E-state index contributed by atoms with van der Waals surface area (Å²) in [5.74, 6) is 0.243. The molecule has 10 heteroatoms. The third-order valence-electron chi connectivity index (χ3n) is 7.10. The molecule has 252 valence electrons. The molecule has 0 unspecified atom stereocenters. The van der Waals surface area contributed by atoms with Crippen molar-refractivity contribution >= 4 is 17.9 Å². The van der Waals surface area contributed by atoms with Gasteiger partial charge < -0.3 is 28.7 Å². The molecule has 1 N–H and O–H groups in total. The summed E-state index contributed by atoms with van der Waals surface area (Å²) in [6, 6.07) is 13.5. The highest BCUT2D eigenvalue weighted by Gasteiger charge is 2.12. The Morgan fingerprint density at radius 2 is 1.23 bits per heavy atom. The van der Waals surface area contributed by atoms with Crippen LogP contribution in [0, 0.1) is 0 Å². The van der Waals surface area contributed by atoms with Crippen molar-refractivity contribution in [3.63, 3.8) is 0 Å². The van der Waals surface area contributed by atoms with Crippen molar-refractivity contribution in [1.29, 1.82) is 0 Å². The Hall–Kier alpha value is -4.86. The van der Waals surface area contributed by atoms with E-state index in [-0.39, 0.29) is 18.5 Å². The fraction of sp³-hybridized carbons (Fsp3) is 0.405. The first-order valence-electron chi connectivity index (χ1n) is 16.0. The summed E-state index contributed by atoms with van der Waals surface area (Å²) in [5.41, 5.74) is 3.79. The molecule has 0 saturated carbocycles. The Morgan fingerprint density at radius 1 is 0.681 bits per heavy atom. The Balaban J connectivity index is 1.42. The van der Waals surface area contributed by atoms with Crippen LogP contribution in [0.25, 0.3) is 11.1 Å². The quantitative estimate of drug-likeness (QED) is 0.0510. The molecule has 0 radical (unpaired) electrons. The molecule has 0 aliphatic heterocycles. The van der Waals surface area contributed by atoms with Gasteiger partial charge in [-0.05, 0) is 74.9 Å². The number of benzene rings is 2. The third-order valence-corrected chi connectivity index (χ3v) is 7.10. The maximum atomic E-state index is 12.1. The lowest BCUT2D eigenvalue weighted by Gasteiger charge is -2.14. The van der Waals surface area contributed by atoms with Gasteiger partial charge in [-0.3, -0.25) is 0 Å². The van der Waals surface area contributed by atoms with E-state index in [1.165, 1.54) is 12.5 Å². The van der Waals surface area contributed by atoms with E-state index in [1.54, 1.807) is 13.8 Å². The van der Waals surface area contributed by atoms with E-state index >= 15 is 0 Å². The normalized spacial score (nSPS) is 10.6. The molecule has 0 aliphatic carbocycles. The molecule has 0 fully saturated rings. The van der Waals surface area contributed by atoms with Crippen LogP contribution in [0.15, 0.2) is 79.3 Å². The van der Waals surface area contributed by atoms with Gasteiger partial charge in [0, 0.05) is 16.7 Å². The minimum absolute atomic E-state index is 0.0869. The number of imidazole rings is 1. The lowest BCUT2D eigenvalue weighted by molar-refractivity contribution is -0.140. The summed E-state index contributed by atoms with van der Waals surface area (Å²) in [7, 11) is 0. The maximum Gasteiger partial charge on any atom is 0.356 e. The number of unbranched alkanes of at least 4 members (excludes halogenated alkanes) is 6. The molecule has 1 aromatic heterocycles. The van der Waals surface area contributed by atoms with Gasteiger partial charge in [0.15, 0.2) is 0 Å². The molecule has 0 spiro atoms. The average Bonchev–Trinajstić information content (AvgIpc) is 3.61. The number of hydrogen-bond donors (Lipinski definition) is 1. The van der Waals surface area contributed by atoms with Crippen LogP contribution in [0.3, 0.4) is 0 Å². The fourth-order valence-corrected chi connectivity index (χ4v) is 4.45. The van der Waals surface area contributed by atoms with Crippen LogP contribution in [-0.2, 0) is 30.4 Å². The summed E-state index contributed by atoms with van der Waals surface area (Å²) in [4.78, 5) is 41.9.